The number of allylic oxidation sites excluding steroid dienone is 1. The van der Waals surface area contributed by atoms with Crippen molar-refractivity contribution in [3.8, 4) is 0 Å². The summed E-state index contributed by atoms with van der Waals surface area (Å²) in [6.45, 7) is 5.39. The SMILES string of the molecule is C/C=C(\C)C(=O)OC(CCCCCCCC)OP(=O)(O)O. The van der Waals surface area contributed by atoms with Crippen LogP contribution in [0, 0.1) is 0 Å². The predicted molar refractivity (Wildman–Crippen MR) is 80.4 cm³/mol. The zero-order valence-corrected chi connectivity index (χ0v) is 14.0. The molecular weight excluding hydrogens is 295 g/mol. The molecule has 21 heavy (non-hydrogen) atoms. The number of phosphoric ester groups is 1. The number of carbonyl (C=O) groups excluding carboxylic acids is 1. The molecule has 0 fully saturated rings. The van der Waals surface area contributed by atoms with E-state index in [0.29, 0.717) is 12.0 Å². The van der Waals surface area contributed by atoms with E-state index in [4.69, 9.17) is 14.5 Å². The minimum atomic E-state index is -4.68. The minimum absolute atomic E-state index is 0.278. The van der Waals surface area contributed by atoms with Crippen molar-refractivity contribution in [1.29, 1.82) is 0 Å². The summed E-state index contributed by atoms with van der Waals surface area (Å²) in [5.41, 5.74) is 0.372. The molecule has 0 aromatic carbocycles. The van der Waals surface area contributed by atoms with Gasteiger partial charge in [-0.05, 0) is 20.3 Å². The lowest BCUT2D eigenvalue weighted by atomic mass is 10.1. The minimum Gasteiger partial charge on any atom is -0.432 e. The first-order valence-electron chi connectivity index (χ1n) is 7.38. The molecule has 6 nitrogen and oxygen atoms in total. The molecule has 0 aliphatic heterocycles. The molecule has 0 rings (SSSR count). The summed E-state index contributed by atoms with van der Waals surface area (Å²) in [7, 11) is -4.68. The Hall–Kier alpha value is -0.680. The Balaban J connectivity index is 4.28. The summed E-state index contributed by atoms with van der Waals surface area (Å²) in [6.07, 6.45) is 6.77. The number of phosphoric acid groups is 1. The van der Waals surface area contributed by atoms with Crippen LogP contribution in [0.1, 0.15) is 65.7 Å². The Morgan fingerprint density at radius 2 is 1.76 bits per heavy atom. The molecule has 2 N–H and O–H groups in total. The van der Waals surface area contributed by atoms with Crippen LogP contribution in [0.2, 0.25) is 0 Å². The van der Waals surface area contributed by atoms with E-state index in [1.807, 2.05) is 0 Å². The first-order valence-corrected chi connectivity index (χ1v) is 8.91. The fourth-order valence-corrected chi connectivity index (χ4v) is 2.16. The van der Waals surface area contributed by atoms with E-state index < -0.39 is 20.1 Å². The number of esters is 1. The molecule has 124 valence electrons. The molecule has 0 saturated heterocycles. The summed E-state index contributed by atoms with van der Waals surface area (Å²) in [4.78, 5) is 29.3. The van der Waals surface area contributed by atoms with Gasteiger partial charge in [0.05, 0.1) is 0 Å². The van der Waals surface area contributed by atoms with Crippen molar-refractivity contribution in [1.82, 2.24) is 0 Å². The molecule has 7 heteroatoms. The van der Waals surface area contributed by atoms with Gasteiger partial charge in [-0.3, -0.25) is 0 Å². The smallest absolute Gasteiger partial charge is 0.432 e. The van der Waals surface area contributed by atoms with Gasteiger partial charge in [-0.15, -0.1) is 0 Å². The maximum atomic E-state index is 11.6. The summed E-state index contributed by atoms with van der Waals surface area (Å²) >= 11 is 0. The van der Waals surface area contributed by atoms with Gasteiger partial charge < -0.3 is 14.5 Å². The molecule has 1 atom stereocenters. The van der Waals surface area contributed by atoms with Gasteiger partial charge >= 0.3 is 13.8 Å². The Kier molecular flexibility index (Phi) is 10.6. The number of hydrogen-bond acceptors (Lipinski definition) is 4. The van der Waals surface area contributed by atoms with Crippen LogP contribution < -0.4 is 0 Å². The second kappa shape index (κ2) is 11.0. The van der Waals surface area contributed by atoms with E-state index in [9.17, 15) is 9.36 Å². The van der Waals surface area contributed by atoms with Crippen LogP contribution in [0.15, 0.2) is 11.6 Å². The van der Waals surface area contributed by atoms with Gasteiger partial charge in [-0.1, -0.05) is 45.1 Å². The van der Waals surface area contributed by atoms with Crippen LogP contribution in [0.5, 0.6) is 0 Å². The zero-order chi connectivity index (χ0) is 16.3. The molecule has 0 spiro atoms. The summed E-state index contributed by atoms with van der Waals surface area (Å²) in [5, 5.41) is 0. The monoisotopic (exact) mass is 322 g/mol. The van der Waals surface area contributed by atoms with E-state index in [2.05, 4.69) is 11.4 Å². The van der Waals surface area contributed by atoms with Crippen molar-refractivity contribution >= 4 is 13.8 Å². The highest BCUT2D eigenvalue weighted by atomic mass is 31.2. The summed E-state index contributed by atoms with van der Waals surface area (Å²) < 4.78 is 20.4. The number of unbranched alkanes of at least 4 members (excludes halogenated alkanes) is 5. The van der Waals surface area contributed by atoms with Gasteiger partial charge in [-0.25, -0.2) is 13.9 Å². The van der Waals surface area contributed by atoms with Gasteiger partial charge in [0.2, 0.25) is 6.29 Å². The quantitative estimate of drug-likeness (QED) is 0.198. The first kappa shape index (κ1) is 20.3. The summed E-state index contributed by atoms with van der Waals surface area (Å²) in [6, 6.07) is 0. The lowest BCUT2D eigenvalue weighted by Crippen LogP contribution is -2.21. The molecule has 0 aromatic heterocycles. The van der Waals surface area contributed by atoms with E-state index >= 15 is 0 Å². The van der Waals surface area contributed by atoms with Crippen LogP contribution in [-0.4, -0.2) is 22.0 Å². The molecule has 0 aromatic rings. The normalized spacial score (nSPS) is 14.0. The standard InChI is InChI=1S/C14H27O6P/c1-4-6-7-8-9-10-11-13(20-21(16,17)18)19-14(15)12(3)5-2/h5,13H,4,6-11H2,1-3H3,(H2,16,17,18)/b12-5+. The van der Waals surface area contributed by atoms with Gasteiger partial charge in [-0.2, -0.15) is 0 Å². The molecule has 0 radical (unpaired) electrons. The van der Waals surface area contributed by atoms with Crippen molar-refractivity contribution in [2.75, 3.05) is 0 Å². The average Bonchev–Trinajstić information content (AvgIpc) is 2.39. The van der Waals surface area contributed by atoms with E-state index in [-0.39, 0.29) is 6.42 Å². The van der Waals surface area contributed by atoms with Gasteiger partial charge in [0.25, 0.3) is 0 Å². The number of carbonyl (C=O) groups is 1. The number of hydrogen-bond donors (Lipinski definition) is 2. The Bertz CT molecular complexity index is 374. The highest BCUT2D eigenvalue weighted by Gasteiger charge is 2.25. The van der Waals surface area contributed by atoms with Crippen molar-refractivity contribution in [3.05, 3.63) is 11.6 Å². The second-order valence-electron chi connectivity index (χ2n) is 4.96. The van der Waals surface area contributed by atoms with E-state index in [1.165, 1.54) is 6.42 Å². The molecule has 0 heterocycles. The molecule has 0 amide bonds. The van der Waals surface area contributed by atoms with Crippen molar-refractivity contribution in [2.24, 2.45) is 0 Å². The van der Waals surface area contributed by atoms with Crippen LogP contribution in [0.25, 0.3) is 0 Å². The molecule has 0 saturated carbocycles. The van der Waals surface area contributed by atoms with Crippen molar-refractivity contribution in [3.63, 3.8) is 0 Å². The first-order chi connectivity index (χ1) is 9.80. The van der Waals surface area contributed by atoms with E-state index in [0.717, 1.165) is 25.7 Å². The lowest BCUT2D eigenvalue weighted by Gasteiger charge is -2.18. The fourth-order valence-electron chi connectivity index (χ4n) is 1.71. The zero-order valence-electron chi connectivity index (χ0n) is 13.1. The predicted octanol–water partition coefficient (Wildman–Crippen LogP) is 3.68. The number of ether oxygens (including phenoxy) is 1. The van der Waals surface area contributed by atoms with Crippen molar-refractivity contribution < 1.29 is 28.4 Å². The average molecular weight is 322 g/mol. The van der Waals surface area contributed by atoms with Gasteiger partial charge in [0, 0.05) is 12.0 Å². The lowest BCUT2D eigenvalue weighted by molar-refractivity contribution is -0.161. The third kappa shape index (κ3) is 11.6. The Labute approximate surface area is 126 Å². The Morgan fingerprint density at radius 3 is 2.29 bits per heavy atom. The topological polar surface area (TPSA) is 93.1 Å². The van der Waals surface area contributed by atoms with Crippen LogP contribution >= 0.6 is 7.82 Å². The highest BCUT2D eigenvalue weighted by Crippen LogP contribution is 2.39. The summed E-state index contributed by atoms with van der Waals surface area (Å²) in [5.74, 6) is -0.623. The molecule has 1 unspecified atom stereocenters. The van der Waals surface area contributed by atoms with E-state index in [1.54, 1.807) is 19.9 Å². The third-order valence-corrected chi connectivity index (χ3v) is 3.55. The largest absolute Gasteiger partial charge is 0.472 e. The van der Waals surface area contributed by atoms with Gasteiger partial charge in [0.1, 0.15) is 0 Å². The third-order valence-electron chi connectivity index (χ3n) is 3.04. The fraction of sp³-hybridized carbons (Fsp3) is 0.786. The van der Waals surface area contributed by atoms with Crippen molar-refractivity contribution in [2.45, 2.75) is 72.0 Å². The molecule has 0 aliphatic rings. The maximum absolute atomic E-state index is 11.6. The van der Waals surface area contributed by atoms with Crippen LogP contribution in [-0.2, 0) is 18.6 Å². The molecule has 0 aliphatic carbocycles. The Morgan fingerprint density at radius 1 is 1.19 bits per heavy atom. The second-order valence-corrected chi connectivity index (χ2v) is 6.15. The molecular formula is C14H27O6P. The van der Waals surface area contributed by atoms with Gasteiger partial charge in [0.15, 0.2) is 0 Å². The highest BCUT2D eigenvalue weighted by molar-refractivity contribution is 7.46. The van der Waals surface area contributed by atoms with Crippen LogP contribution in [0.3, 0.4) is 0 Å². The number of rotatable bonds is 11. The maximum Gasteiger partial charge on any atom is 0.472 e. The van der Waals surface area contributed by atoms with Crippen LogP contribution in [0.4, 0.5) is 0 Å². The molecule has 0 bridgehead atoms.